The van der Waals surface area contributed by atoms with E-state index in [1.807, 2.05) is 78.9 Å². The SMILES string of the molecule is OCc1ccccc1-c1ccc(C=NNc2ccccc2)cc1. The van der Waals surface area contributed by atoms with Gasteiger partial charge in [0.1, 0.15) is 0 Å². The van der Waals surface area contributed by atoms with Gasteiger partial charge in [0.05, 0.1) is 18.5 Å². The standard InChI is InChI=1S/C20H18N2O/c23-15-18-6-4-5-9-20(18)17-12-10-16(11-13-17)14-21-22-19-7-2-1-3-8-19/h1-14,22-23H,15H2. The first-order valence-corrected chi connectivity index (χ1v) is 7.50. The van der Waals surface area contributed by atoms with E-state index in [0.717, 1.165) is 27.9 Å². The molecule has 3 aromatic carbocycles. The molecule has 23 heavy (non-hydrogen) atoms. The molecule has 0 fully saturated rings. The maximum absolute atomic E-state index is 9.43. The Morgan fingerprint density at radius 2 is 1.52 bits per heavy atom. The van der Waals surface area contributed by atoms with Crippen molar-refractivity contribution < 1.29 is 5.11 Å². The fourth-order valence-electron chi connectivity index (χ4n) is 2.38. The van der Waals surface area contributed by atoms with E-state index < -0.39 is 0 Å². The average molecular weight is 302 g/mol. The van der Waals surface area contributed by atoms with E-state index in [0.29, 0.717) is 0 Å². The van der Waals surface area contributed by atoms with E-state index in [2.05, 4.69) is 10.5 Å². The second-order valence-corrected chi connectivity index (χ2v) is 5.17. The topological polar surface area (TPSA) is 44.6 Å². The third-order valence-corrected chi connectivity index (χ3v) is 3.59. The van der Waals surface area contributed by atoms with Gasteiger partial charge in [0.25, 0.3) is 0 Å². The van der Waals surface area contributed by atoms with Gasteiger partial charge in [-0.1, -0.05) is 66.7 Å². The average Bonchev–Trinajstić information content (AvgIpc) is 2.63. The predicted octanol–water partition coefficient (Wildman–Crippen LogP) is 4.29. The highest BCUT2D eigenvalue weighted by molar-refractivity contribution is 5.81. The second kappa shape index (κ2) is 7.38. The van der Waals surface area contributed by atoms with Gasteiger partial charge in [-0.05, 0) is 34.4 Å². The highest BCUT2D eigenvalue weighted by Crippen LogP contribution is 2.23. The van der Waals surface area contributed by atoms with Crippen LogP contribution in [0.4, 0.5) is 5.69 Å². The lowest BCUT2D eigenvalue weighted by Crippen LogP contribution is -1.91. The number of hydrogen-bond donors (Lipinski definition) is 2. The van der Waals surface area contributed by atoms with E-state index >= 15 is 0 Å². The van der Waals surface area contributed by atoms with Crippen molar-refractivity contribution in [2.24, 2.45) is 5.10 Å². The molecule has 0 unspecified atom stereocenters. The molecule has 2 N–H and O–H groups in total. The van der Waals surface area contributed by atoms with Crippen LogP contribution in [0, 0.1) is 0 Å². The van der Waals surface area contributed by atoms with Crippen molar-refractivity contribution in [3.8, 4) is 11.1 Å². The maximum atomic E-state index is 9.43. The monoisotopic (exact) mass is 302 g/mol. The molecule has 3 rings (SSSR count). The molecule has 0 amide bonds. The largest absolute Gasteiger partial charge is 0.392 e. The summed E-state index contributed by atoms with van der Waals surface area (Å²) in [6, 6.07) is 25.8. The zero-order chi connectivity index (χ0) is 15.9. The number of hydrogen-bond acceptors (Lipinski definition) is 3. The summed E-state index contributed by atoms with van der Waals surface area (Å²) in [6.07, 6.45) is 1.79. The number of anilines is 1. The lowest BCUT2D eigenvalue weighted by atomic mass is 9.99. The zero-order valence-corrected chi connectivity index (χ0v) is 12.7. The minimum atomic E-state index is 0.0420. The zero-order valence-electron chi connectivity index (χ0n) is 12.7. The van der Waals surface area contributed by atoms with Crippen LogP contribution in [-0.4, -0.2) is 11.3 Å². The van der Waals surface area contributed by atoms with Gasteiger partial charge < -0.3 is 5.11 Å². The summed E-state index contributed by atoms with van der Waals surface area (Å²) in [5.41, 5.74) is 8.04. The predicted molar refractivity (Wildman–Crippen MR) is 95.5 cm³/mol. The summed E-state index contributed by atoms with van der Waals surface area (Å²) >= 11 is 0. The van der Waals surface area contributed by atoms with Crippen LogP contribution in [-0.2, 0) is 6.61 Å². The molecule has 0 bridgehead atoms. The Balaban J connectivity index is 1.72. The second-order valence-electron chi connectivity index (χ2n) is 5.17. The molecule has 114 valence electrons. The molecule has 0 radical (unpaired) electrons. The van der Waals surface area contributed by atoms with Crippen LogP contribution in [0.15, 0.2) is 84.0 Å². The Labute approximate surface area is 135 Å². The van der Waals surface area contributed by atoms with Gasteiger partial charge in [0.2, 0.25) is 0 Å². The molecule has 3 aromatic rings. The molecule has 0 atom stereocenters. The molecular weight excluding hydrogens is 284 g/mol. The van der Waals surface area contributed by atoms with Crippen molar-refractivity contribution in [2.45, 2.75) is 6.61 Å². The number of nitrogens with zero attached hydrogens (tertiary/aromatic N) is 1. The molecule has 3 nitrogen and oxygen atoms in total. The molecule has 0 aliphatic rings. The van der Waals surface area contributed by atoms with Gasteiger partial charge in [-0.15, -0.1) is 0 Å². The number of hydrazone groups is 1. The van der Waals surface area contributed by atoms with Crippen LogP contribution >= 0.6 is 0 Å². The Morgan fingerprint density at radius 1 is 0.826 bits per heavy atom. The molecule has 0 spiro atoms. The van der Waals surface area contributed by atoms with Crippen LogP contribution in [0.25, 0.3) is 11.1 Å². The highest BCUT2D eigenvalue weighted by Gasteiger charge is 2.03. The van der Waals surface area contributed by atoms with Crippen molar-refractivity contribution in [1.29, 1.82) is 0 Å². The lowest BCUT2D eigenvalue weighted by Gasteiger charge is -2.07. The van der Waals surface area contributed by atoms with Crippen molar-refractivity contribution in [1.82, 2.24) is 0 Å². The van der Waals surface area contributed by atoms with Gasteiger partial charge in [0.15, 0.2) is 0 Å². The summed E-state index contributed by atoms with van der Waals surface area (Å²) in [6.45, 7) is 0.0420. The van der Waals surface area contributed by atoms with Crippen molar-refractivity contribution in [2.75, 3.05) is 5.43 Å². The number of aliphatic hydroxyl groups excluding tert-OH is 1. The third-order valence-electron chi connectivity index (χ3n) is 3.59. The van der Waals surface area contributed by atoms with Crippen molar-refractivity contribution >= 4 is 11.9 Å². The number of aliphatic hydroxyl groups is 1. The van der Waals surface area contributed by atoms with Crippen LogP contribution in [0.2, 0.25) is 0 Å². The van der Waals surface area contributed by atoms with E-state index in [-0.39, 0.29) is 6.61 Å². The summed E-state index contributed by atoms with van der Waals surface area (Å²) in [7, 11) is 0. The van der Waals surface area contributed by atoms with Crippen molar-refractivity contribution in [3.63, 3.8) is 0 Å². The Kier molecular flexibility index (Phi) is 4.82. The normalized spacial score (nSPS) is 10.8. The molecule has 0 saturated heterocycles. The first-order chi connectivity index (χ1) is 11.4. The number of benzene rings is 3. The maximum Gasteiger partial charge on any atom is 0.0687 e. The van der Waals surface area contributed by atoms with Crippen LogP contribution in [0.3, 0.4) is 0 Å². The Hall–Kier alpha value is -2.91. The molecule has 0 heterocycles. The van der Waals surface area contributed by atoms with E-state index in [9.17, 15) is 5.11 Å². The number of nitrogens with one attached hydrogen (secondary N) is 1. The number of rotatable bonds is 5. The molecule has 0 aromatic heterocycles. The smallest absolute Gasteiger partial charge is 0.0687 e. The summed E-state index contributed by atoms with van der Waals surface area (Å²) in [5.74, 6) is 0. The quantitative estimate of drug-likeness (QED) is 0.545. The summed E-state index contributed by atoms with van der Waals surface area (Å²) in [5, 5.41) is 13.7. The fourth-order valence-corrected chi connectivity index (χ4v) is 2.38. The minimum Gasteiger partial charge on any atom is -0.392 e. The van der Waals surface area contributed by atoms with Gasteiger partial charge in [0, 0.05) is 0 Å². The van der Waals surface area contributed by atoms with Crippen molar-refractivity contribution in [3.05, 3.63) is 90.0 Å². The van der Waals surface area contributed by atoms with Crippen LogP contribution in [0.5, 0.6) is 0 Å². The lowest BCUT2D eigenvalue weighted by molar-refractivity contribution is 0.282. The van der Waals surface area contributed by atoms with Gasteiger partial charge >= 0.3 is 0 Å². The van der Waals surface area contributed by atoms with E-state index in [4.69, 9.17) is 0 Å². The van der Waals surface area contributed by atoms with E-state index in [1.54, 1.807) is 6.21 Å². The molecule has 0 aliphatic heterocycles. The minimum absolute atomic E-state index is 0.0420. The van der Waals surface area contributed by atoms with Crippen LogP contribution < -0.4 is 5.43 Å². The number of para-hydroxylation sites is 1. The van der Waals surface area contributed by atoms with Gasteiger partial charge in [-0.25, -0.2) is 0 Å². The molecular formula is C20H18N2O. The fraction of sp³-hybridized carbons (Fsp3) is 0.0500. The molecule has 0 aliphatic carbocycles. The van der Waals surface area contributed by atoms with Gasteiger partial charge in [-0.2, -0.15) is 5.10 Å². The Morgan fingerprint density at radius 3 is 2.26 bits per heavy atom. The molecule has 0 saturated carbocycles. The third kappa shape index (κ3) is 3.84. The van der Waals surface area contributed by atoms with Gasteiger partial charge in [-0.3, -0.25) is 5.43 Å². The first-order valence-electron chi connectivity index (χ1n) is 7.50. The molecule has 3 heteroatoms. The highest BCUT2D eigenvalue weighted by atomic mass is 16.3. The summed E-state index contributed by atoms with van der Waals surface area (Å²) < 4.78 is 0. The first kappa shape index (κ1) is 15.0. The van der Waals surface area contributed by atoms with E-state index in [1.165, 1.54) is 0 Å². The Bertz CT molecular complexity index is 780. The summed E-state index contributed by atoms with van der Waals surface area (Å²) in [4.78, 5) is 0. The van der Waals surface area contributed by atoms with Crippen LogP contribution in [0.1, 0.15) is 11.1 Å².